The van der Waals surface area contributed by atoms with Gasteiger partial charge in [-0.05, 0) is 12.5 Å². The number of hydrogen-bond donors (Lipinski definition) is 1. The van der Waals surface area contributed by atoms with E-state index in [-0.39, 0.29) is 36.8 Å². The van der Waals surface area contributed by atoms with Crippen LogP contribution < -0.4 is 5.73 Å². The van der Waals surface area contributed by atoms with Gasteiger partial charge < -0.3 is 15.4 Å². The summed E-state index contributed by atoms with van der Waals surface area (Å²) in [7, 11) is 1.72. The van der Waals surface area contributed by atoms with E-state index in [9.17, 15) is 4.79 Å². The van der Waals surface area contributed by atoms with E-state index < -0.39 is 0 Å². The Hall–Kier alpha value is -0.850. The minimum absolute atomic E-state index is 0. The monoisotopic (exact) mass is 377 g/mol. The zero-order valence-corrected chi connectivity index (χ0v) is 16.0. The van der Waals surface area contributed by atoms with Crippen molar-refractivity contribution in [3.8, 4) is 0 Å². The molecule has 1 aromatic carbocycles. The molecule has 1 heterocycles. The molecule has 0 aromatic heterocycles. The van der Waals surface area contributed by atoms with Crippen LogP contribution in [0, 0.1) is 0 Å². The predicted molar refractivity (Wildman–Crippen MR) is 102 cm³/mol. The second-order valence-electron chi connectivity index (χ2n) is 5.94. The number of nitrogens with zero attached hydrogens (tertiary/aromatic N) is 2. The molecule has 0 radical (unpaired) electrons. The fourth-order valence-electron chi connectivity index (χ4n) is 2.90. The first-order chi connectivity index (χ1) is 10.6. The number of ether oxygens (including phenoxy) is 1. The highest BCUT2D eigenvalue weighted by molar-refractivity contribution is 5.85. The van der Waals surface area contributed by atoms with Gasteiger partial charge in [0.2, 0.25) is 5.91 Å². The molecule has 2 unspecified atom stereocenters. The van der Waals surface area contributed by atoms with Gasteiger partial charge in [-0.15, -0.1) is 24.8 Å². The topological polar surface area (TPSA) is 58.8 Å². The average Bonchev–Trinajstić information content (AvgIpc) is 2.54. The molecule has 0 bridgehead atoms. The Morgan fingerprint density at radius 2 is 1.96 bits per heavy atom. The summed E-state index contributed by atoms with van der Waals surface area (Å²) in [5.41, 5.74) is 7.17. The number of carbonyl (C=O) groups excluding carboxylic acids is 1. The highest BCUT2D eigenvalue weighted by Gasteiger charge is 2.27. The molecular weight excluding hydrogens is 349 g/mol. The zero-order chi connectivity index (χ0) is 15.9. The van der Waals surface area contributed by atoms with Crippen LogP contribution in [0.4, 0.5) is 0 Å². The van der Waals surface area contributed by atoms with Crippen LogP contribution in [0.3, 0.4) is 0 Å². The van der Waals surface area contributed by atoms with E-state index in [4.69, 9.17) is 10.5 Å². The molecule has 2 N–H and O–H groups in total. The first-order valence-electron chi connectivity index (χ1n) is 7.93. The minimum atomic E-state index is -0.226. The maximum absolute atomic E-state index is 12.5. The number of hydrogen-bond acceptors (Lipinski definition) is 4. The van der Waals surface area contributed by atoms with E-state index >= 15 is 0 Å². The van der Waals surface area contributed by atoms with Crippen LogP contribution in [-0.2, 0) is 9.53 Å². The Kier molecular flexibility index (Phi) is 11.2. The lowest BCUT2D eigenvalue weighted by Gasteiger charge is -2.40. The molecule has 1 saturated heterocycles. The second kappa shape index (κ2) is 11.7. The molecule has 138 valence electrons. The van der Waals surface area contributed by atoms with Gasteiger partial charge in [-0.2, -0.15) is 0 Å². The van der Waals surface area contributed by atoms with Crippen molar-refractivity contribution in [3.05, 3.63) is 35.9 Å². The first kappa shape index (κ1) is 23.1. The highest BCUT2D eigenvalue weighted by atomic mass is 35.5. The standard InChI is InChI=1S/C17H27N3O2.2ClH/c1-14-13-20(9-8-19(14)10-11-22-2)17(21)12-16(18)15-6-4-3-5-7-15;;/h3-7,14,16H,8-13,18H2,1-2H3;2*1H. The van der Waals surface area contributed by atoms with Crippen molar-refractivity contribution < 1.29 is 9.53 Å². The number of rotatable bonds is 6. The first-order valence-corrected chi connectivity index (χ1v) is 7.93. The SMILES string of the molecule is COCCN1CCN(C(=O)CC(N)c2ccccc2)CC1C.Cl.Cl. The van der Waals surface area contributed by atoms with Crippen LogP contribution in [0.2, 0.25) is 0 Å². The molecule has 1 amide bonds. The normalized spacial score (nSPS) is 19.1. The molecule has 2 atom stereocenters. The number of halogens is 2. The van der Waals surface area contributed by atoms with Gasteiger partial charge in [0.05, 0.1) is 6.61 Å². The van der Waals surface area contributed by atoms with Gasteiger partial charge in [0.25, 0.3) is 0 Å². The van der Waals surface area contributed by atoms with Crippen molar-refractivity contribution in [1.29, 1.82) is 0 Å². The predicted octanol–water partition coefficient (Wildman–Crippen LogP) is 2.10. The van der Waals surface area contributed by atoms with E-state index in [0.717, 1.165) is 38.3 Å². The summed E-state index contributed by atoms with van der Waals surface area (Å²) in [4.78, 5) is 16.8. The Balaban J connectivity index is 0.00000264. The van der Waals surface area contributed by atoms with E-state index in [1.807, 2.05) is 35.2 Å². The van der Waals surface area contributed by atoms with Crippen molar-refractivity contribution in [2.45, 2.75) is 25.4 Å². The maximum Gasteiger partial charge on any atom is 0.224 e. The Bertz CT molecular complexity index is 476. The summed E-state index contributed by atoms with van der Waals surface area (Å²) < 4.78 is 5.13. The summed E-state index contributed by atoms with van der Waals surface area (Å²) in [6, 6.07) is 9.95. The summed E-state index contributed by atoms with van der Waals surface area (Å²) in [6.07, 6.45) is 0.370. The summed E-state index contributed by atoms with van der Waals surface area (Å²) in [6.45, 7) is 6.25. The molecule has 1 fully saturated rings. The fourth-order valence-corrected chi connectivity index (χ4v) is 2.90. The quantitative estimate of drug-likeness (QED) is 0.824. The second-order valence-corrected chi connectivity index (χ2v) is 5.94. The molecule has 1 aliphatic rings. The minimum Gasteiger partial charge on any atom is -0.383 e. The maximum atomic E-state index is 12.5. The highest BCUT2D eigenvalue weighted by Crippen LogP contribution is 2.17. The number of nitrogens with two attached hydrogens (primary N) is 1. The molecule has 1 aliphatic heterocycles. The lowest BCUT2D eigenvalue weighted by molar-refractivity contribution is -0.134. The van der Waals surface area contributed by atoms with Crippen molar-refractivity contribution in [2.75, 3.05) is 39.9 Å². The fraction of sp³-hybridized carbons (Fsp3) is 0.588. The van der Waals surface area contributed by atoms with Crippen molar-refractivity contribution in [3.63, 3.8) is 0 Å². The number of methoxy groups -OCH3 is 1. The van der Waals surface area contributed by atoms with Crippen molar-refractivity contribution >= 4 is 30.7 Å². The van der Waals surface area contributed by atoms with E-state index in [0.29, 0.717) is 12.5 Å². The molecular formula is C17H29Cl2N3O2. The van der Waals surface area contributed by atoms with Gasteiger partial charge >= 0.3 is 0 Å². The Morgan fingerprint density at radius 1 is 1.29 bits per heavy atom. The average molecular weight is 378 g/mol. The number of piperazine rings is 1. The lowest BCUT2D eigenvalue weighted by atomic mass is 10.0. The molecule has 2 rings (SSSR count). The molecule has 5 nitrogen and oxygen atoms in total. The van der Waals surface area contributed by atoms with E-state index in [1.165, 1.54) is 0 Å². The molecule has 24 heavy (non-hydrogen) atoms. The summed E-state index contributed by atoms with van der Waals surface area (Å²) in [5.74, 6) is 0.148. The van der Waals surface area contributed by atoms with Crippen LogP contribution in [0.15, 0.2) is 30.3 Å². The third kappa shape index (κ3) is 6.57. The molecule has 0 spiro atoms. The van der Waals surface area contributed by atoms with E-state index in [2.05, 4.69) is 11.8 Å². The van der Waals surface area contributed by atoms with Crippen LogP contribution in [0.25, 0.3) is 0 Å². The van der Waals surface area contributed by atoms with Crippen molar-refractivity contribution in [1.82, 2.24) is 9.80 Å². The third-order valence-electron chi connectivity index (χ3n) is 4.32. The van der Waals surface area contributed by atoms with Gasteiger partial charge in [0.1, 0.15) is 0 Å². The lowest BCUT2D eigenvalue weighted by Crippen LogP contribution is -2.54. The van der Waals surface area contributed by atoms with Gasteiger partial charge in [-0.25, -0.2) is 0 Å². The zero-order valence-electron chi connectivity index (χ0n) is 14.4. The summed E-state index contributed by atoms with van der Waals surface area (Å²) in [5, 5.41) is 0. The third-order valence-corrected chi connectivity index (χ3v) is 4.32. The van der Waals surface area contributed by atoms with E-state index in [1.54, 1.807) is 7.11 Å². The molecule has 0 aliphatic carbocycles. The number of carbonyl (C=O) groups is 1. The van der Waals surface area contributed by atoms with Gasteiger partial charge in [-0.3, -0.25) is 9.69 Å². The Morgan fingerprint density at radius 3 is 2.54 bits per heavy atom. The van der Waals surface area contributed by atoms with Crippen molar-refractivity contribution in [2.24, 2.45) is 5.73 Å². The Labute approximate surface area is 157 Å². The van der Waals surface area contributed by atoms with Crippen LogP contribution >= 0.6 is 24.8 Å². The molecule has 0 saturated carbocycles. The smallest absolute Gasteiger partial charge is 0.224 e. The van der Waals surface area contributed by atoms with Crippen LogP contribution in [0.5, 0.6) is 0 Å². The molecule has 1 aromatic rings. The molecule has 7 heteroatoms. The van der Waals surface area contributed by atoms with Crippen LogP contribution in [0.1, 0.15) is 24.9 Å². The van der Waals surface area contributed by atoms with Gasteiger partial charge in [-0.1, -0.05) is 30.3 Å². The summed E-state index contributed by atoms with van der Waals surface area (Å²) >= 11 is 0. The van der Waals surface area contributed by atoms with Gasteiger partial charge in [0.15, 0.2) is 0 Å². The van der Waals surface area contributed by atoms with Crippen LogP contribution in [-0.4, -0.2) is 61.6 Å². The number of benzene rings is 1. The van der Waals surface area contributed by atoms with Gasteiger partial charge in [0, 0.05) is 51.8 Å². The largest absolute Gasteiger partial charge is 0.383 e. The number of amides is 1.